The lowest BCUT2D eigenvalue weighted by molar-refractivity contribution is 0.262. The van der Waals surface area contributed by atoms with Gasteiger partial charge in [-0.05, 0) is 50.1 Å². The molecule has 36 heavy (non-hydrogen) atoms. The van der Waals surface area contributed by atoms with Crippen LogP contribution in [0, 0.1) is 17.5 Å². The van der Waals surface area contributed by atoms with E-state index in [1.165, 1.54) is 6.20 Å². The number of benzene rings is 2. The lowest BCUT2D eigenvalue weighted by atomic mass is 10.1. The Kier molecular flexibility index (Phi) is 9.56. The van der Waals surface area contributed by atoms with Gasteiger partial charge < -0.3 is 16.8 Å². The average Bonchev–Trinajstić information content (AvgIpc) is 2.85. The van der Waals surface area contributed by atoms with Crippen LogP contribution in [0.2, 0.25) is 0 Å². The van der Waals surface area contributed by atoms with Crippen LogP contribution in [0.25, 0.3) is 11.1 Å². The van der Waals surface area contributed by atoms with E-state index in [2.05, 4.69) is 20.2 Å². The number of carbonyl (C=O) groups is 1. The third kappa shape index (κ3) is 7.38. The van der Waals surface area contributed by atoms with Gasteiger partial charge in [0, 0.05) is 24.9 Å². The minimum absolute atomic E-state index is 0.212. The fraction of sp³-hybridized carbons (Fsp3) is 0.292. The summed E-state index contributed by atoms with van der Waals surface area (Å²) in [4.78, 5) is 33.3. The van der Waals surface area contributed by atoms with E-state index in [1.54, 1.807) is 12.1 Å². The van der Waals surface area contributed by atoms with Crippen molar-refractivity contribution in [2.75, 3.05) is 36.8 Å². The highest BCUT2D eigenvalue weighted by molar-refractivity contribution is 5.98. The van der Waals surface area contributed by atoms with Crippen LogP contribution in [0.1, 0.15) is 18.4 Å². The predicted molar refractivity (Wildman–Crippen MR) is 132 cm³/mol. The van der Waals surface area contributed by atoms with Crippen molar-refractivity contribution in [3.8, 4) is 11.1 Å². The maximum atomic E-state index is 13.7. The molecule has 0 atom stereocenters. The highest BCUT2D eigenvalue weighted by Crippen LogP contribution is 2.19. The van der Waals surface area contributed by atoms with Crippen molar-refractivity contribution in [1.82, 2.24) is 14.9 Å². The first-order valence-electron chi connectivity index (χ1n) is 11.3. The molecule has 1 heterocycles. The topological polar surface area (TPSA) is 142 Å². The Morgan fingerprint density at radius 2 is 1.58 bits per heavy atom. The molecule has 0 spiro atoms. The Labute approximate surface area is 205 Å². The van der Waals surface area contributed by atoms with E-state index in [-0.39, 0.29) is 11.5 Å². The summed E-state index contributed by atoms with van der Waals surface area (Å²) in [5.41, 5.74) is 12.1. The van der Waals surface area contributed by atoms with Gasteiger partial charge in [0.05, 0.1) is 11.3 Å². The lowest BCUT2D eigenvalue weighted by Crippen LogP contribution is -2.28. The molecular formula is C24H28F3N7O2. The number of nitrogens with one attached hydrogen (secondary N) is 3. The quantitative estimate of drug-likeness (QED) is 0.255. The Morgan fingerprint density at radius 1 is 0.944 bits per heavy atom. The third-order valence-corrected chi connectivity index (χ3v) is 5.32. The summed E-state index contributed by atoms with van der Waals surface area (Å²) in [7, 11) is 0. The van der Waals surface area contributed by atoms with E-state index in [0.717, 1.165) is 38.0 Å². The Balaban J connectivity index is 1.65. The van der Waals surface area contributed by atoms with E-state index in [0.29, 0.717) is 30.8 Å². The third-order valence-electron chi connectivity index (χ3n) is 5.32. The van der Waals surface area contributed by atoms with Crippen LogP contribution in [-0.4, -0.2) is 47.1 Å². The van der Waals surface area contributed by atoms with E-state index in [4.69, 9.17) is 11.5 Å². The molecule has 0 bridgehead atoms. The van der Waals surface area contributed by atoms with Gasteiger partial charge in [-0.2, -0.15) is 0 Å². The highest BCUT2D eigenvalue weighted by Gasteiger charge is 2.14. The molecule has 1 aromatic heterocycles. The summed E-state index contributed by atoms with van der Waals surface area (Å²) in [6.07, 6.45) is 3.06. The second-order valence-electron chi connectivity index (χ2n) is 8.06. The Morgan fingerprint density at radius 3 is 2.19 bits per heavy atom. The molecule has 3 aromatic rings. The van der Waals surface area contributed by atoms with Crippen molar-refractivity contribution < 1.29 is 18.0 Å². The van der Waals surface area contributed by atoms with Crippen LogP contribution >= 0.6 is 0 Å². The number of nitrogens with zero attached hydrogens (tertiary/aromatic N) is 2. The van der Waals surface area contributed by atoms with Gasteiger partial charge in [-0.3, -0.25) is 20.0 Å². The molecule has 3 rings (SSSR count). The number of halogens is 3. The smallest absolute Gasteiger partial charge is 0.326 e. The van der Waals surface area contributed by atoms with Gasteiger partial charge >= 0.3 is 6.03 Å². The second-order valence-corrected chi connectivity index (χ2v) is 8.06. The minimum atomic E-state index is -1.39. The summed E-state index contributed by atoms with van der Waals surface area (Å²) in [6, 6.07) is 7.25. The summed E-state index contributed by atoms with van der Waals surface area (Å²) >= 11 is 0. The number of rotatable bonds is 11. The molecule has 0 aliphatic rings. The number of amides is 2. The van der Waals surface area contributed by atoms with Crippen molar-refractivity contribution in [2.24, 2.45) is 11.5 Å². The van der Waals surface area contributed by atoms with Gasteiger partial charge in [-0.25, -0.2) is 22.9 Å². The average molecular weight is 504 g/mol. The zero-order chi connectivity index (χ0) is 26.1. The molecule has 2 aromatic carbocycles. The summed E-state index contributed by atoms with van der Waals surface area (Å²) < 4.78 is 40.0. The van der Waals surface area contributed by atoms with E-state index in [1.807, 2.05) is 17.4 Å². The number of hydrogen-bond donors (Lipinski definition) is 5. The molecular weight excluding hydrogens is 475 g/mol. The van der Waals surface area contributed by atoms with Crippen LogP contribution in [0.5, 0.6) is 0 Å². The Hall–Kier alpha value is -3.74. The molecule has 0 radical (unpaired) electrons. The van der Waals surface area contributed by atoms with Crippen molar-refractivity contribution in [3.05, 3.63) is 76.0 Å². The predicted octanol–water partition coefficient (Wildman–Crippen LogP) is 3.00. The van der Waals surface area contributed by atoms with Gasteiger partial charge in [0.25, 0.3) is 5.56 Å². The van der Waals surface area contributed by atoms with Crippen LogP contribution in [0.4, 0.5) is 29.6 Å². The first-order chi connectivity index (χ1) is 17.3. The molecule has 12 heteroatoms. The van der Waals surface area contributed by atoms with Gasteiger partial charge in [0.15, 0.2) is 11.6 Å². The number of carbonyl (C=O) groups excluding carboxylic acids is 1. The van der Waals surface area contributed by atoms with Crippen molar-refractivity contribution >= 4 is 17.7 Å². The molecule has 7 N–H and O–H groups in total. The normalized spacial score (nSPS) is 11.1. The first-order valence-corrected chi connectivity index (χ1v) is 11.3. The zero-order valence-electron chi connectivity index (χ0n) is 19.5. The largest absolute Gasteiger partial charge is 0.330 e. The summed E-state index contributed by atoms with van der Waals surface area (Å²) in [6.45, 7) is 3.69. The van der Waals surface area contributed by atoms with E-state index < -0.39 is 34.7 Å². The SMILES string of the molecule is NCCCN(CCCN)Cc1ccc(-c2cnc(NC(=O)Nc3cc(F)c(F)cc3F)[nH]c2=O)cc1. The van der Waals surface area contributed by atoms with Crippen molar-refractivity contribution in [2.45, 2.75) is 19.4 Å². The Bertz CT molecular complexity index is 1230. The number of urea groups is 1. The van der Waals surface area contributed by atoms with E-state index in [9.17, 15) is 22.8 Å². The van der Waals surface area contributed by atoms with Crippen molar-refractivity contribution in [1.29, 1.82) is 0 Å². The molecule has 0 saturated carbocycles. The fourth-order valence-corrected chi connectivity index (χ4v) is 3.49. The van der Waals surface area contributed by atoms with Gasteiger partial charge in [-0.15, -0.1) is 0 Å². The molecule has 0 aliphatic carbocycles. The molecule has 0 saturated heterocycles. The summed E-state index contributed by atoms with van der Waals surface area (Å²) in [5, 5.41) is 4.24. The minimum Gasteiger partial charge on any atom is -0.330 e. The summed E-state index contributed by atoms with van der Waals surface area (Å²) in [5.74, 6) is -4.08. The van der Waals surface area contributed by atoms with Crippen LogP contribution in [0.3, 0.4) is 0 Å². The molecule has 0 unspecified atom stereocenters. The molecule has 0 aliphatic heterocycles. The van der Waals surface area contributed by atoms with Gasteiger partial charge in [-0.1, -0.05) is 24.3 Å². The second kappa shape index (κ2) is 12.8. The van der Waals surface area contributed by atoms with Gasteiger partial charge in [0.1, 0.15) is 5.82 Å². The molecule has 2 amide bonds. The zero-order valence-corrected chi connectivity index (χ0v) is 19.5. The number of aromatic amines is 1. The molecule has 0 fully saturated rings. The van der Waals surface area contributed by atoms with Crippen molar-refractivity contribution in [3.63, 3.8) is 0 Å². The van der Waals surface area contributed by atoms with Crippen LogP contribution in [0.15, 0.2) is 47.4 Å². The van der Waals surface area contributed by atoms with Crippen LogP contribution in [-0.2, 0) is 6.54 Å². The van der Waals surface area contributed by atoms with E-state index >= 15 is 0 Å². The standard InChI is InChI=1S/C24H28F3N7O2/c25-18-11-20(27)21(12-19(18)26)31-24(36)33-23-30-13-17(22(35)32-23)16-5-3-15(4-6-16)14-34(9-1-7-28)10-2-8-29/h3-6,11-13H,1-2,7-10,14,28-29H2,(H3,30,31,32,33,35,36). The number of anilines is 2. The molecule has 192 valence electrons. The fourth-order valence-electron chi connectivity index (χ4n) is 3.49. The number of H-pyrrole nitrogens is 1. The number of hydrogen-bond acceptors (Lipinski definition) is 6. The maximum Gasteiger partial charge on any atom is 0.326 e. The first kappa shape index (κ1) is 26.9. The van der Waals surface area contributed by atoms with Crippen LogP contribution < -0.4 is 27.7 Å². The number of nitrogens with two attached hydrogens (primary N) is 2. The number of aromatic nitrogens is 2. The monoisotopic (exact) mass is 503 g/mol. The molecule has 9 nitrogen and oxygen atoms in total. The lowest BCUT2D eigenvalue weighted by Gasteiger charge is -2.22. The van der Waals surface area contributed by atoms with Gasteiger partial charge in [0.2, 0.25) is 5.95 Å². The maximum absolute atomic E-state index is 13.7. The highest BCUT2D eigenvalue weighted by atomic mass is 19.2.